The molecule has 0 radical (unpaired) electrons. The Labute approximate surface area is 170 Å². The van der Waals surface area contributed by atoms with Gasteiger partial charge in [0.1, 0.15) is 21.9 Å². The van der Waals surface area contributed by atoms with Crippen LogP contribution in [-0.2, 0) is 0 Å². The SMILES string of the molecule is Cc1sc(C#N)c(C)c1C1=C(c2c(C)sc(C#N)c2C)C(F)(F)C(F)(F)C1(F)F. The van der Waals surface area contributed by atoms with E-state index in [9.17, 15) is 26.3 Å². The Morgan fingerprint density at radius 2 is 0.966 bits per heavy atom. The molecule has 0 atom stereocenters. The van der Waals surface area contributed by atoms with E-state index in [0.29, 0.717) is 0 Å². The number of halogens is 6. The minimum absolute atomic E-state index is 0.0184. The fourth-order valence-electron chi connectivity index (χ4n) is 3.65. The fraction of sp³-hybridized carbons (Fsp3) is 0.368. The Balaban J connectivity index is 2.57. The zero-order valence-corrected chi connectivity index (χ0v) is 17.1. The van der Waals surface area contributed by atoms with Crippen LogP contribution in [0.3, 0.4) is 0 Å². The van der Waals surface area contributed by atoms with E-state index in [0.717, 1.165) is 22.7 Å². The highest BCUT2D eigenvalue weighted by Crippen LogP contribution is 2.66. The van der Waals surface area contributed by atoms with Crippen LogP contribution in [0.15, 0.2) is 0 Å². The predicted octanol–water partition coefficient (Wildman–Crippen LogP) is 6.62. The zero-order valence-electron chi connectivity index (χ0n) is 15.5. The molecule has 2 nitrogen and oxygen atoms in total. The lowest BCUT2D eigenvalue weighted by Gasteiger charge is -2.26. The number of thiophene rings is 2. The molecular formula is C19H12F6N2S2. The molecule has 2 aromatic rings. The number of nitriles is 2. The highest BCUT2D eigenvalue weighted by molar-refractivity contribution is 7.13. The molecule has 0 unspecified atom stereocenters. The second-order valence-corrected chi connectivity index (χ2v) is 9.12. The van der Waals surface area contributed by atoms with Gasteiger partial charge in [-0.2, -0.15) is 36.9 Å². The van der Waals surface area contributed by atoms with Crippen LogP contribution in [0.25, 0.3) is 11.1 Å². The highest BCUT2D eigenvalue weighted by Gasteiger charge is 2.80. The molecular weight excluding hydrogens is 434 g/mol. The Morgan fingerprint density at radius 1 is 0.655 bits per heavy atom. The van der Waals surface area contributed by atoms with E-state index in [1.54, 1.807) is 12.1 Å². The standard InChI is InChI=1S/C19H12F6N2S2/c1-7-11(5-26)28-9(3)13(7)15-16(14-8(2)12(6-27)29-10(14)4)18(22,23)19(24,25)17(15,20)21/h1-4H3. The van der Waals surface area contributed by atoms with Crippen LogP contribution in [0, 0.1) is 50.4 Å². The van der Waals surface area contributed by atoms with Crippen molar-refractivity contribution in [3.8, 4) is 12.1 Å². The number of alkyl halides is 6. The summed E-state index contributed by atoms with van der Waals surface area (Å²) in [7, 11) is 0. The summed E-state index contributed by atoms with van der Waals surface area (Å²) in [6.45, 7) is 5.16. The van der Waals surface area contributed by atoms with Gasteiger partial charge in [-0.15, -0.1) is 22.7 Å². The van der Waals surface area contributed by atoms with Crippen LogP contribution >= 0.6 is 22.7 Å². The van der Waals surface area contributed by atoms with Gasteiger partial charge in [0, 0.05) is 32.0 Å². The maximum absolute atomic E-state index is 14.9. The summed E-state index contributed by atoms with van der Waals surface area (Å²) < 4.78 is 88.4. The van der Waals surface area contributed by atoms with E-state index in [1.807, 2.05) is 0 Å². The van der Waals surface area contributed by atoms with Gasteiger partial charge in [0.15, 0.2) is 0 Å². The fourth-order valence-corrected chi connectivity index (χ4v) is 5.57. The van der Waals surface area contributed by atoms with Crippen molar-refractivity contribution < 1.29 is 26.3 Å². The van der Waals surface area contributed by atoms with Crippen molar-refractivity contribution in [2.24, 2.45) is 0 Å². The van der Waals surface area contributed by atoms with E-state index in [2.05, 4.69) is 0 Å². The summed E-state index contributed by atoms with van der Waals surface area (Å²) in [6.07, 6.45) is 0. The number of nitrogens with zero attached hydrogens (tertiary/aromatic N) is 2. The average molecular weight is 446 g/mol. The number of aryl methyl sites for hydroxylation is 2. The Hall–Kier alpha value is -2.30. The Morgan fingerprint density at radius 3 is 1.21 bits per heavy atom. The summed E-state index contributed by atoms with van der Waals surface area (Å²) >= 11 is 1.55. The van der Waals surface area contributed by atoms with Crippen molar-refractivity contribution in [3.63, 3.8) is 0 Å². The zero-order chi connectivity index (χ0) is 22.1. The topological polar surface area (TPSA) is 47.6 Å². The third kappa shape index (κ3) is 2.52. The van der Waals surface area contributed by atoms with Gasteiger partial charge in [-0.1, -0.05) is 0 Å². The van der Waals surface area contributed by atoms with Crippen LogP contribution in [0.1, 0.15) is 41.8 Å². The molecule has 1 aliphatic rings. The van der Waals surface area contributed by atoms with Gasteiger partial charge in [-0.05, 0) is 38.8 Å². The van der Waals surface area contributed by atoms with Gasteiger partial charge in [0.25, 0.3) is 0 Å². The number of hydrogen-bond donors (Lipinski definition) is 0. The normalized spacial score (nSPS) is 19.3. The first-order valence-corrected chi connectivity index (χ1v) is 9.78. The van der Waals surface area contributed by atoms with Gasteiger partial charge in [0.2, 0.25) is 0 Å². The molecule has 0 aromatic carbocycles. The lowest BCUT2D eigenvalue weighted by molar-refractivity contribution is -0.254. The average Bonchev–Trinajstić information content (AvgIpc) is 3.10. The van der Waals surface area contributed by atoms with Crippen LogP contribution in [0.2, 0.25) is 0 Å². The Kier molecular flexibility index (Phi) is 4.69. The van der Waals surface area contributed by atoms with Crippen LogP contribution in [0.4, 0.5) is 26.3 Å². The minimum atomic E-state index is -5.67. The molecule has 0 fully saturated rings. The molecule has 152 valence electrons. The molecule has 3 rings (SSSR count). The van der Waals surface area contributed by atoms with Crippen molar-refractivity contribution in [2.75, 3.05) is 0 Å². The maximum atomic E-state index is 14.9. The second kappa shape index (κ2) is 6.35. The molecule has 0 saturated carbocycles. The van der Waals surface area contributed by atoms with Crippen molar-refractivity contribution in [3.05, 3.63) is 41.8 Å². The largest absolute Gasteiger partial charge is 0.380 e. The monoisotopic (exact) mass is 446 g/mol. The van der Waals surface area contributed by atoms with E-state index in [4.69, 9.17) is 10.5 Å². The Bertz CT molecular complexity index is 1070. The molecule has 0 amide bonds. The quantitative estimate of drug-likeness (QED) is 0.487. The summed E-state index contributed by atoms with van der Waals surface area (Å²) in [5.41, 5.74) is -4.00. The predicted molar refractivity (Wildman–Crippen MR) is 98.7 cm³/mol. The molecule has 0 N–H and O–H groups in total. The summed E-state index contributed by atoms with van der Waals surface area (Å²) in [5.74, 6) is -16.0. The molecule has 29 heavy (non-hydrogen) atoms. The van der Waals surface area contributed by atoms with E-state index in [-0.39, 0.29) is 30.6 Å². The first-order chi connectivity index (χ1) is 13.3. The smallest absolute Gasteiger partial charge is 0.194 e. The number of hydrogen-bond acceptors (Lipinski definition) is 4. The van der Waals surface area contributed by atoms with Crippen molar-refractivity contribution >= 4 is 33.8 Å². The summed E-state index contributed by atoms with van der Waals surface area (Å²) in [4.78, 5) is 0.0850. The minimum Gasteiger partial charge on any atom is -0.194 e. The summed E-state index contributed by atoms with van der Waals surface area (Å²) in [6, 6.07) is 3.55. The molecule has 0 saturated heterocycles. The lowest BCUT2D eigenvalue weighted by atomic mass is 9.91. The lowest BCUT2D eigenvalue weighted by Crippen LogP contribution is -2.49. The van der Waals surface area contributed by atoms with Gasteiger partial charge < -0.3 is 0 Å². The highest BCUT2D eigenvalue weighted by atomic mass is 32.1. The first kappa shape index (κ1) is 21.4. The maximum Gasteiger partial charge on any atom is 0.380 e. The van der Waals surface area contributed by atoms with Gasteiger partial charge in [-0.25, -0.2) is 0 Å². The third-order valence-corrected chi connectivity index (χ3v) is 7.24. The summed E-state index contributed by atoms with van der Waals surface area (Å²) in [5, 5.41) is 18.3. The van der Waals surface area contributed by atoms with Gasteiger partial charge >= 0.3 is 17.8 Å². The molecule has 2 aromatic heterocycles. The molecule has 0 aliphatic heterocycles. The molecule has 10 heteroatoms. The van der Waals surface area contributed by atoms with E-state index in [1.165, 1.54) is 27.7 Å². The van der Waals surface area contributed by atoms with Crippen LogP contribution in [-0.4, -0.2) is 17.8 Å². The van der Waals surface area contributed by atoms with E-state index < -0.39 is 40.0 Å². The molecule has 2 heterocycles. The van der Waals surface area contributed by atoms with Crippen LogP contribution < -0.4 is 0 Å². The second-order valence-electron chi connectivity index (χ2n) is 6.67. The van der Waals surface area contributed by atoms with Crippen molar-refractivity contribution in [1.29, 1.82) is 10.5 Å². The van der Waals surface area contributed by atoms with Gasteiger partial charge in [0.05, 0.1) is 0 Å². The first-order valence-electron chi connectivity index (χ1n) is 8.15. The number of rotatable bonds is 2. The number of allylic oxidation sites excluding steroid dienone is 2. The van der Waals surface area contributed by atoms with Crippen molar-refractivity contribution in [2.45, 2.75) is 45.5 Å². The molecule has 0 spiro atoms. The molecule has 1 aliphatic carbocycles. The molecule has 0 bridgehead atoms. The van der Waals surface area contributed by atoms with Crippen molar-refractivity contribution in [1.82, 2.24) is 0 Å². The third-order valence-electron chi connectivity index (χ3n) is 5.02. The van der Waals surface area contributed by atoms with Crippen LogP contribution in [0.5, 0.6) is 0 Å². The van der Waals surface area contributed by atoms with Gasteiger partial charge in [-0.3, -0.25) is 0 Å². The van der Waals surface area contributed by atoms with E-state index >= 15 is 0 Å².